The fourth-order valence-corrected chi connectivity index (χ4v) is 2.81. The molecule has 6 nitrogen and oxygen atoms in total. The van der Waals surface area contributed by atoms with Gasteiger partial charge < -0.3 is 19.8 Å². The fraction of sp³-hybridized carbons (Fsp3) is 0.588. The van der Waals surface area contributed by atoms with Gasteiger partial charge in [0.05, 0.1) is 12.7 Å². The normalized spacial score (nSPS) is 19.6. The van der Waals surface area contributed by atoms with E-state index in [0.29, 0.717) is 31.8 Å². The van der Waals surface area contributed by atoms with E-state index in [-0.39, 0.29) is 12.5 Å². The Balaban J connectivity index is 1.95. The molecule has 0 aliphatic carbocycles. The van der Waals surface area contributed by atoms with Crippen LogP contribution < -0.4 is 0 Å². The molecule has 1 heterocycles. The highest BCUT2D eigenvalue weighted by molar-refractivity contribution is 5.94. The summed E-state index contributed by atoms with van der Waals surface area (Å²) < 4.78 is 5.06. The number of β-amino-alcohol motifs (C(OH)–C–C–N with tert-alkyl or cyclic N) is 1. The molecule has 23 heavy (non-hydrogen) atoms. The van der Waals surface area contributed by atoms with E-state index in [9.17, 15) is 9.90 Å². The predicted octanol–water partition coefficient (Wildman–Crippen LogP) is 0.334. The van der Waals surface area contributed by atoms with Gasteiger partial charge in [0.1, 0.15) is 0 Å². The number of methoxy groups -OCH3 is 1. The molecule has 1 aliphatic rings. The number of hydrogen-bond acceptors (Lipinski definition) is 5. The highest BCUT2D eigenvalue weighted by Crippen LogP contribution is 2.11. The molecule has 1 aliphatic heterocycles. The van der Waals surface area contributed by atoms with Gasteiger partial charge in [-0.1, -0.05) is 12.1 Å². The third kappa shape index (κ3) is 5.28. The Hall–Kier alpha value is -1.47. The van der Waals surface area contributed by atoms with Gasteiger partial charge in [-0.3, -0.25) is 9.69 Å². The minimum absolute atomic E-state index is 0.0344. The molecule has 0 radical (unpaired) electrons. The quantitative estimate of drug-likeness (QED) is 0.739. The van der Waals surface area contributed by atoms with Gasteiger partial charge in [-0.15, -0.1) is 0 Å². The number of amides is 1. The molecule has 0 bridgehead atoms. The molecule has 1 saturated heterocycles. The summed E-state index contributed by atoms with van der Waals surface area (Å²) in [5.74, 6) is -0.0766. The first-order valence-electron chi connectivity index (χ1n) is 8.02. The van der Waals surface area contributed by atoms with Crippen LogP contribution in [-0.2, 0) is 11.3 Å². The van der Waals surface area contributed by atoms with Crippen LogP contribution in [0.5, 0.6) is 0 Å². The van der Waals surface area contributed by atoms with Crippen molar-refractivity contribution in [2.45, 2.75) is 19.1 Å². The number of carbonyl (C=O) groups is 1. The van der Waals surface area contributed by atoms with E-state index in [1.165, 1.54) is 0 Å². The summed E-state index contributed by atoms with van der Waals surface area (Å²) in [6.07, 6.45) is 0.375. The molecule has 2 rings (SSSR count). The number of aliphatic hydroxyl groups is 2. The lowest BCUT2D eigenvalue weighted by molar-refractivity contribution is 0.0662. The lowest BCUT2D eigenvalue weighted by atomic mass is 10.1. The van der Waals surface area contributed by atoms with E-state index in [4.69, 9.17) is 9.84 Å². The summed E-state index contributed by atoms with van der Waals surface area (Å²) in [6, 6.07) is 6.94. The lowest BCUT2D eigenvalue weighted by Crippen LogP contribution is -2.37. The smallest absolute Gasteiger partial charge is 0.253 e. The zero-order valence-electron chi connectivity index (χ0n) is 13.6. The molecule has 1 atom stereocenters. The number of ether oxygens (including phenoxy) is 1. The van der Waals surface area contributed by atoms with E-state index < -0.39 is 6.10 Å². The van der Waals surface area contributed by atoms with Gasteiger partial charge in [-0.05, 0) is 24.1 Å². The van der Waals surface area contributed by atoms with Crippen LogP contribution in [0.1, 0.15) is 22.3 Å². The van der Waals surface area contributed by atoms with Gasteiger partial charge in [0.2, 0.25) is 0 Å². The van der Waals surface area contributed by atoms with Crippen LogP contribution in [0.25, 0.3) is 0 Å². The second-order valence-corrected chi connectivity index (χ2v) is 5.91. The molecule has 0 aromatic heterocycles. The summed E-state index contributed by atoms with van der Waals surface area (Å²) in [4.78, 5) is 16.5. The van der Waals surface area contributed by atoms with Gasteiger partial charge in [-0.25, -0.2) is 0 Å². The van der Waals surface area contributed by atoms with Crippen LogP contribution in [-0.4, -0.2) is 78.5 Å². The number of carbonyl (C=O) groups excluding carboxylic acids is 1. The van der Waals surface area contributed by atoms with Crippen molar-refractivity contribution in [3.05, 3.63) is 35.4 Å². The van der Waals surface area contributed by atoms with Gasteiger partial charge in [-0.2, -0.15) is 0 Å². The number of nitrogens with zero attached hydrogens (tertiary/aromatic N) is 2. The predicted molar refractivity (Wildman–Crippen MR) is 87.2 cm³/mol. The summed E-state index contributed by atoms with van der Waals surface area (Å²) in [7, 11) is 1.68. The van der Waals surface area contributed by atoms with E-state index in [0.717, 1.165) is 25.1 Å². The van der Waals surface area contributed by atoms with Crippen LogP contribution in [0.2, 0.25) is 0 Å². The van der Waals surface area contributed by atoms with Crippen LogP contribution in [0, 0.1) is 0 Å². The van der Waals surface area contributed by atoms with Gasteiger partial charge >= 0.3 is 0 Å². The lowest BCUT2D eigenvalue weighted by Gasteiger charge is -2.22. The summed E-state index contributed by atoms with van der Waals surface area (Å²) in [5, 5.41) is 19.2. The van der Waals surface area contributed by atoms with Crippen molar-refractivity contribution >= 4 is 5.91 Å². The summed E-state index contributed by atoms with van der Waals surface area (Å²) in [6.45, 7) is 3.81. The minimum atomic E-state index is -0.541. The van der Waals surface area contributed by atoms with Crippen molar-refractivity contribution in [3.63, 3.8) is 0 Å². The maximum Gasteiger partial charge on any atom is 0.253 e. The van der Waals surface area contributed by atoms with Crippen molar-refractivity contribution in [2.24, 2.45) is 0 Å². The average Bonchev–Trinajstić information content (AvgIpc) is 2.76. The number of rotatable bonds is 6. The third-order valence-electron chi connectivity index (χ3n) is 4.08. The highest BCUT2D eigenvalue weighted by Gasteiger charge is 2.24. The average molecular weight is 322 g/mol. The monoisotopic (exact) mass is 322 g/mol. The van der Waals surface area contributed by atoms with Crippen LogP contribution in [0.4, 0.5) is 0 Å². The minimum Gasteiger partial charge on any atom is -0.392 e. The van der Waals surface area contributed by atoms with Crippen LogP contribution in [0.15, 0.2) is 24.3 Å². The Kier molecular flexibility index (Phi) is 6.98. The number of aliphatic hydroxyl groups excluding tert-OH is 2. The molecule has 0 saturated carbocycles. The molecule has 1 aromatic rings. The first-order valence-corrected chi connectivity index (χ1v) is 8.02. The van der Waals surface area contributed by atoms with Gasteiger partial charge in [0.25, 0.3) is 5.91 Å². The van der Waals surface area contributed by atoms with Crippen LogP contribution in [0.3, 0.4) is 0 Å². The molecule has 0 spiro atoms. The second kappa shape index (κ2) is 8.98. The molecular weight excluding hydrogens is 296 g/mol. The molecule has 6 heteroatoms. The molecular formula is C17H26N2O4. The molecule has 1 amide bonds. The number of hydrogen-bond donors (Lipinski definition) is 2. The Morgan fingerprint density at radius 2 is 2.00 bits per heavy atom. The zero-order chi connectivity index (χ0) is 16.7. The van der Waals surface area contributed by atoms with E-state index in [1.54, 1.807) is 36.3 Å². The fourth-order valence-electron chi connectivity index (χ4n) is 2.81. The second-order valence-electron chi connectivity index (χ2n) is 5.91. The largest absolute Gasteiger partial charge is 0.392 e. The Morgan fingerprint density at radius 1 is 1.26 bits per heavy atom. The van der Waals surface area contributed by atoms with Crippen molar-refractivity contribution in [3.8, 4) is 0 Å². The Bertz CT molecular complexity index is 492. The van der Waals surface area contributed by atoms with Crippen molar-refractivity contribution < 1.29 is 19.7 Å². The van der Waals surface area contributed by atoms with E-state index >= 15 is 0 Å². The SMILES string of the molecule is COCCCN1CCN(C(=O)c2ccc(CO)cc2)C[C@@H](O)C1. The van der Waals surface area contributed by atoms with E-state index in [2.05, 4.69) is 4.90 Å². The standard InChI is InChI=1S/C17H26N2O4/c1-23-10-2-7-18-8-9-19(12-16(21)11-18)17(22)15-5-3-14(13-20)4-6-15/h3-6,16,20-21H,2,7-13H2,1H3/t16-/m0/s1. The zero-order valence-corrected chi connectivity index (χ0v) is 13.6. The van der Waals surface area contributed by atoms with Crippen molar-refractivity contribution in [2.75, 3.05) is 46.4 Å². The number of benzene rings is 1. The maximum absolute atomic E-state index is 12.6. The van der Waals surface area contributed by atoms with Gasteiger partial charge in [0, 0.05) is 52.0 Å². The van der Waals surface area contributed by atoms with E-state index in [1.807, 2.05) is 0 Å². The molecule has 1 fully saturated rings. The maximum atomic E-state index is 12.6. The van der Waals surface area contributed by atoms with Crippen LogP contribution >= 0.6 is 0 Å². The Labute approximate surface area is 137 Å². The van der Waals surface area contributed by atoms with Crippen molar-refractivity contribution in [1.82, 2.24) is 9.80 Å². The first-order chi connectivity index (χ1) is 11.1. The van der Waals surface area contributed by atoms with Gasteiger partial charge in [0.15, 0.2) is 0 Å². The van der Waals surface area contributed by atoms with Crippen molar-refractivity contribution in [1.29, 1.82) is 0 Å². The molecule has 0 unspecified atom stereocenters. The highest BCUT2D eigenvalue weighted by atomic mass is 16.5. The molecule has 128 valence electrons. The topological polar surface area (TPSA) is 73.2 Å². The third-order valence-corrected chi connectivity index (χ3v) is 4.08. The summed E-state index contributed by atoms with van der Waals surface area (Å²) >= 11 is 0. The Morgan fingerprint density at radius 3 is 2.65 bits per heavy atom. The first kappa shape index (κ1) is 17.9. The molecule has 1 aromatic carbocycles. The molecule has 2 N–H and O–H groups in total. The summed E-state index contributed by atoms with van der Waals surface area (Å²) in [5.41, 5.74) is 1.36.